The van der Waals surface area contributed by atoms with E-state index in [4.69, 9.17) is 31.4 Å². The molecule has 1 fully saturated rings. The molecule has 1 nitrogen and oxygen atoms in total. The lowest BCUT2D eigenvalue weighted by atomic mass is 9.56. The van der Waals surface area contributed by atoms with E-state index in [1.807, 2.05) is 4.90 Å². The van der Waals surface area contributed by atoms with E-state index in [0.717, 1.165) is 12.8 Å². The summed E-state index contributed by atoms with van der Waals surface area (Å²) in [4.78, 5) is 1.97. The van der Waals surface area contributed by atoms with Crippen LogP contribution in [0.2, 0.25) is 0 Å². The van der Waals surface area contributed by atoms with Gasteiger partial charge < -0.3 is 4.90 Å². The van der Waals surface area contributed by atoms with E-state index in [0.29, 0.717) is 12.8 Å². The molecular weight excluding hydrogens is 225 g/mol. The predicted octanol–water partition coefficient (Wildman–Crippen LogP) is 2.20. The molecule has 1 heterocycles. The van der Waals surface area contributed by atoms with E-state index in [-0.39, 0.29) is 5.54 Å². The summed E-state index contributed by atoms with van der Waals surface area (Å²) in [6.45, 7) is 6.56. The highest BCUT2D eigenvalue weighted by Gasteiger charge is 2.49. The largest absolute Gasteiger partial charge is 0.320 e. The number of hydrogen-bond acceptors (Lipinski definition) is 1. The van der Waals surface area contributed by atoms with Gasteiger partial charge in [-0.05, 0) is 19.8 Å². The molecule has 0 amide bonds. The molecule has 5 heteroatoms. The van der Waals surface area contributed by atoms with Crippen molar-refractivity contribution in [2.24, 2.45) is 0 Å². The van der Waals surface area contributed by atoms with Crippen molar-refractivity contribution in [1.29, 1.82) is 0 Å². The first kappa shape index (κ1) is 17.3. The SMILES string of the molecule is [B]C1([B])CCC([B])([B])N1C(C)(CC)CCCCCC. The molecule has 0 aromatic heterocycles. The van der Waals surface area contributed by atoms with Gasteiger partial charge in [-0.3, -0.25) is 0 Å². The zero-order valence-corrected chi connectivity index (χ0v) is 12.9. The summed E-state index contributed by atoms with van der Waals surface area (Å²) in [7, 11) is 24.9. The quantitative estimate of drug-likeness (QED) is 0.495. The van der Waals surface area contributed by atoms with E-state index in [2.05, 4.69) is 20.8 Å². The minimum atomic E-state index is -0.890. The third-order valence-electron chi connectivity index (χ3n) is 4.63. The van der Waals surface area contributed by atoms with E-state index in [9.17, 15) is 0 Å². The highest BCUT2D eigenvalue weighted by atomic mass is 15.3. The van der Waals surface area contributed by atoms with Gasteiger partial charge in [0, 0.05) is 5.54 Å². The Morgan fingerprint density at radius 1 is 0.947 bits per heavy atom. The van der Waals surface area contributed by atoms with Crippen LogP contribution in [0, 0.1) is 0 Å². The van der Waals surface area contributed by atoms with Gasteiger partial charge in [-0.15, -0.1) is 0 Å². The normalized spacial score (nSPS) is 25.2. The van der Waals surface area contributed by atoms with Crippen LogP contribution in [0.1, 0.15) is 72.1 Å². The van der Waals surface area contributed by atoms with Gasteiger partial charge >= 0.3 is 0 Å². The van der Waals surface area contributed by atoms with E-state index in [1.54, 1.807) is 0 Å². The minimum Gasteiger partial charge on any atom is -0.320 e. The van der Waals surface area contributed by atoms with Crippen LogP contribution < -0.4 is 0 Å². The van der Waals surface area contributed by atoms with Gasteiger partial charge in [0.25, 0.3) is 0 Å². The maximum absolute atomic E-state index is 6.23. The van der Waals surface area contributed by atoms with Crippen LogP contribution in [0.25, 0.3) is 0 Å². The summed E-state index contributed by atoms with van der Waals surface area (Å²) >= 11 is 0. The van der Waals surface area contributed by atoms with Crippen LogP contribution in [-0.2, 0) is 0 Å². The van der Waals surface area contributed by atoms with Gasteiger partial charge in [-0.2, -0.15) is 0 Å². The maximum Gasteiger partial charge on any atom is 0.0824 e. The Balaban J connectivity index is 2.81. The zero-order chi connectivity index (χ0) is 14.7. The van der Waals surface area contributed by atoms with Gasteiger partial charge in [0.15, 0.2) is 0 Å². The summed E-state index contributed by atoms with van der Waals surface area (Å²) in [6.07, 6.45) is 8.19. The van der Waals surface area contributed by atoms with Gasteiger partial charge in [0.05, 0.1) is 31.4 Å². The van der Waals surface area contributed by atoms with Crippen molar-refractivity contribution in [2.45, 2.75) is 88.4 Å². The average molecular weight is 251 g/mol. The van der Waals surface area contributed by atoms with Crippen molar-refractivity contribution in [2.75, 3.05) is 0 Å². The molecule has 1 saturated heterocycles. The monoisotopic (exact) mass is 251 g/mol. The molecule has 0 N–H and O–H groups in total. The summed E-state index contributed by atoms with van der Waals surface area (Å²) in [5.74, 6) is 0. The highest BCUT2D eigenvalue weighted by Crippen LogP contribution is 2.43. The molecule has 0 saturated carbocycles. The van der Waals surface area contributed by atoms with Crippen molar-refractivity contribution in [3.63, 3.8) is 0 Å². The number of rotatable bonds is 7. The molecule has 1 aliphatic heterocycles. The number of nitrogens with zero attached hydrogens (tertiary/aromatic N) is 1. The van der Waals surface area contributed by atoms with Crippen molar-refractivity contribution < 1.29 is 0 Å². The molecule has 19 heavy (non-hydrogen) atoms. The third kappa shape index (κ3) is 3.86. The van der Waals surface area contributed by atoms with Gasteiger partial charge in [0.1, 0.15) is 0 Å². The first-order chi connectivity index (χ1) is 8.69. The number of hydrogen-bond donors (Lipinski definition) is 0. The Kier molecular flexibility index (Phi) is 5.75. The second-order valence-electron chi connectivity index (χ2n) is 6.48. The Morgan fingerprint density at radius 3 is 1.89 bits per heavy atom. The molecule has 98 valence electrons. The molecule has 0 spiro atoms. The molecule has 1 unspecified atom stereocenters. The van der Waals surface area contributed by atoms with Crippen LogP contribution in [-0.4, -0.2) is 52.5 Å². The van der Waals surface area contributed by atoms with Crippen molar-refractivity contribution in [3.05, 3.63) is 0 Å². The Hall–Kier alpha value is 0.220. The van der Waals surface area contributed by atoms with Crippen molar-refractivity contribution in [3.8, 4) is 0 Å². The minimum absolute atomic E-state index is 0.128. The van der Waals surface area contributed by atoms with Crippen LogP contribution in [0.15, 0.2) is 0 Å². The van der Waals surface area contributed by atoms with E-state index >= 15 is 0 Å². The lowest BCUT2D eigenvalue weighted by molar-refractivity contribution is 0.0591. The molecule has 0 bridgehead atoms. The predicted molar refractivity (Wildman–Crippen MR) is 87.0 cm³/mol. The molecule has 0 aromatic rings. The summed E-state index contributed by atoms with van der Waals surface area (Å²) in [5, 5.41) is -1.78. The highest BCUT2D eigenvalue weighted by molar-refractivity contribution is 6.45. The molecule has 8 radical (unpaired) electrons. The maximum atomic E-state index is 6.23. The van der Waals surface area contributed by atoms with Gasteiger partial charge in [-0.1, -0.05) is 63.0 Å². The smallest absolute Gasteiger partial charge is 0.0824 e. The topological polar surface area (TPSA) is 3.24 Å². The first-order valence-electron chi connectivity index (χ1n) is 7.65. The second-order valence-corrected chi connectivity index (χ2v) is 6.48. The number of likely N-dealkylation sites (tertiary alicyclic amines) is 1. The summed E-state index contributed by atoms with van der Waals surface area (Å²) in [5.41, 5.74) is -0.128. The van der Waals surface area contributed by atoms with Crippen LogP contribution >= 0.6 is 0 Å². The fraction of sp³-hybridized carbons (Fsp3) is 1.00. The van der Waals surface area contributed by atoms with Crippen molar-refractivity contribution in [1.82, 2.24) is 4.90 Å². The molecule has 1 atom stereocenters. The fourth-order valence-electron chi connectivity index (χ4n) is 3.40. The molecule has 0 aromatic carbocycles. The molecule has 0 aliphatic carbocycles. The Morgan fingerprint density at radius 2 is 1.47 bits per heavy atom. The van der Waals surface area contributed by atoms with Crippen LogP contribution in [0.5, 0.6) is 0 Å². The number of unbranched alkanes of at least 4 members (excludes halogenated alkanes) is 3. The lowest BCUT2D eigenvalue weighted by Gasteiger charge is -2.54. The molecular formula is C14H25B4N. The van der Waals surface area contributed by atoms with Crippen molar-refractivity contribution >= 4 is 31.4 Å². The summed E-state index contributed by atoms with van der Waals surface area (Å²) < 4.78 is 0. The van der Waals surface area contributed by atoms with Gasteiger partial charge in [0.2, 0.25) is 0 Å². The van der Waals surface area contributed by atoms with E-state index < -0.39 is 10.7 Å². The first-order valence-corrected chi connectivity index (χ1v) is 7.65. The van der Waals surface area contributed by atoms with Crippen LogP contribution in [0.3, 0.4) is 0 Å². The fourth-order valence-corrected chi connectivity index (χ4v) is 3.40. The molecule has 1 rings (SSSR count). The molecule has 1 aliphatic rings. The Bertz CT molecular complexity index is 277. The second kappa shape index (κ2) is 6.33. The summed E-state index contributed by atoms with van der Waals surface area (Å²) in [6, 6.07) is 0. The standard InChI is InChI=1S/C14H25B4N/c1-4-6-7-8-9-12(3,5-2)19-13(15,16)10-11-14(19,17)18/h4-11H2,1-3H3. The van der Waals surface area contributed by atoms with Crippen LogP contribution in [0.4, 0.5) is 0 Å². The third-order valence-corrected chi connectivity index (χ3v) is 4.63. The Labute approximate surface area is 125 Å². The van der Waals surface area contributed by atoms with Gasteiger partial charge in [-0.25, -0.2) is 0 Å². The average Bonchev–Trinajstić information content (AvgIpc) is 2.54. The lowest BCUT2D eigenvalue weighted by Crippen LogP contribution is -2.65. The zero-order valence-electron chi connectivity index (χ0n) is 12.9. The van der Waals surface area contributed by atoms with E-state index in [1.165, 1.54) is 25.7 Å².